The van der Waals surface area contributed by atoms with Crippen LogP contribution in [0.4, 0.5) is 4.79 Å². The number of para-hydroxylation sites is 1. The number of hydrogen-bond acceptors (Lipinski definition) is 7. The second-order valence-electron chi connectivity index (χ2n) is 10.7. The molecule has 0 saturated heterocycles. The van der Waals surface area contributed by atoms with Gasteiger partial charge in [-0.05, 0) is 81.8 Å². The molecular weight excluding hydrogens is 520 g/mol. The number of furan rings is 1. The van der Waals surface area contributed by atoms with Crippen LogP contribution in [0.3, 0.4) is 0 Å². The van der Waals surface area contributed by atoms with Gasteiger partial charge in [-0.25, -0.2) is 4.79 Å². The van der Waals surface area contributed by atoms with Crippen LogP contribution in [0.25, 0.3) is 22.1 Å². The molecule has 2 N–H and O–H groups in total. The van der Waals surface area contributed by atoms with E-state index in [4.69, 9.17) is 18.6 Å². The molecule has 216 valence electrons. The van der Waals surface area contributed by atoms with Gasteiger partial charge in [-0.2, -0.15) is 0 Å². The van der Waals surface area contributed by atoms with E-state index in [9.17, 15) is 9.59 Å². The molecule has 1 amide bonds. The number of rotatable bonds is 11. The van der Waals surface area contributed by atoms with Gasteiger partial charge in [0, 0.05) is 23.1 Å². The third-order valence-corrected chi connectivity index (χ3v) is 6.16. The fourth-order valence-electron chi connectivity index (χ4n) is 4.48. The van der Waals surface area contributed by atoms with Crippen LogP contribution in [-0.2, 0) is 40.4 Å². The first-order valence-corrected chi connectivity index (χ1v) is 13.8. The van der Waals surface area contributed by atoms with E-state index in [-0.39, 0.29) is 12.4 Å². The highest BCUT2D eigenvalue weighted by molar-refractivity contribution is 5.93. The maximum atomic E-state index is 12.2. The number of hydrogen-bond donors (Lipinski definition) is 2. The molecule has 0 aliphatic heterocycles. The molecule has 0 fully saturated rings. The lowest BCUT2D eigenvalue weighted by Gasteiger charge is -2.19. The standard InChI is InChI=1S/C33H38N2O6/c1-6-38-30(36)18-25-11-7-8-13-29(25)39-21-23-15-26-17-27(20-34-5)40-31(26)28(16-23)24-12-9-10-22(14-24)19-35-32(37)41-33(2,3)4/h7-17,34H,6,18-21H2,1-5H3,(H,35,37). The minimum Gasteiger partial charge on any atom is -0.489 e. The number of esters is 1. The molecule has 0 bridgehead atoms. The fraction of sp³-hybridized carbons (Fsp3) is 0.333. The molecule has 0 saturated carbocycles. The zero-order chi connectivity index (χ0) is 29.4. The molecule has 4 rings (SSSR count). The summed E-state index contributed by atoms with van der Waals surface area (Å²) in [6.07, 6.45) is -0.316. The average Bonchev–Trinajstić information content (AvgIpc) is 3.33. The van der Waals surface area contributed by atoms with Gasteiger partial charge in [0.15, 0.2) is 0 Å². The summed E-state index contributed by atoms with van der Waals surface area (Å²) in [6.45, 7) is 8.85. The van der Waals surface area contributed by atoms with Crippen LogP contribution in [0.1, 0.15) is 50.1 Å². The molecule has 1 heterocycles. The second kappa shape index (κ2) is 13.4. The highest BCUT2D eigenvalue weighted by atomic mass is 16.6. The quantitative estimate of drug-likeness (QED) is 0.202. The van der Waals surface area contributed by atoms with E-state index in [2.05, 4.69) is 22.8 Å². The monoisotopic (exact) mass is 558 g/mol. The lowest BCUT2D eigenvalue weighted by Crippen LogP contribution is -2.32. The summed E-state index contributed by atoms with van der Waals surface area (Å²) < 4.78 is 22.9. The number of carbonyl (C=O) groups excluding carboxylic acids is 2. The predicted molar refractivity (Wildman–Crippen MR) is 159 cm³/mol. The molecule has 1 aromatic heterocycles. The third kappa shape index (κ3) is 8.35. The van der Waals surface area contributed by atoms with Crippen molar-refractivity contribution in [3.63, 3.8) is 0 Å². The fourth-order valence-corrected chi connectivity index (χ4v) is 4.48. The Labute approximate surface area is 241 Å². The van der Waals surface area contributed by atoms with Crippen LogP contribution in [0, 0.1) is 0 Å². The lowest BCUT2D eigenvalue weighted by molar-refractivity contribution is -0.142. The smallest absolute Gasteiger partial charge is 0.407 e. The van der Waals surface area contributed by atoms with E-state index in [0.29, 0.717) is 32.1 Å². The molecule has 8 heteroatoms. The first-order valence-electron chi connectivity index (χ1n) is 13.8. The molecule has 0 atom stereocenters. The number of nitrogens with one attached hydrogen (secondary N) is 2. The Balaban J connectivity index is 1.61. The number of alkyl carbamates (subject to hydrolysis) is 1. The van der Waals surface area contributed by atoms with Gasteiger partial charge in [0.25, 0.3) is 0 Å². The van der Waals surface area contributed by atoms with Crippen molar-refractivity contribution in [1.29, 1.82) is 0 Å². The Morgan fingerprint density at radius 1 is 0.927 bits per heavy atom. The molecule has 0 radical (unpaired) electrons. The highest BCUT2D eigenvalue weighted by Gasteiger charge is 2.17. The zero-order valence-electron chi connectivity index (χ0n) is 24.3. The van der Waals surface area contributed by atoms with E-state index in [1.165, 1.54) is 0 Å². The summed E-state index contributed by atoms with van der Waals surface area (Å²) in [5.41, 5.74) is 4.74. The van der Waals surface area contributed by atoms with E-state index >= 15 is 0 Å². The molecular formula is C33H38N2O6. The maximum absolute atomic E-state index is 12.2. The van der Waals surface area contributed by atoms with Crippen molar-refractivity contribution in [2.45, 2.75) is 59.4 Å². The molecule has 0 spiro atoms. The Morgan fingerprint density at radius 3 is 2.49 bits per heavy atom. The summed E-state index contributed by atoms with van der Waals surface area (Å²) in [5, 5.41) is 6.92. The van der Waals surface area contributed by atoms with Crippen molar-refractivity contribution in [1.82, 2.24) is 10.6 Å². The van der Waals surface area contributed by atoms with Crippen molar-refractivity contribution in [3.8, 4) is 16.9 Å². The molecule has 8 nitrogen and oxygen atoms in total. The van der Waals surface area contributed by atoms with E-state index in [1.807, 2.05) is 82.4 Å². The number of fused-ring (bicyclic) bond motifs is 1. The molecule has 0 unspecified atom stereocenters. The average molecular weight is 559 g/mol. The normalized spacial score (nSPS) is 11.3. The van der Waals surface area contributed by atoms with E-state index in [1.54, 1.807) is 6.92 Å². The summed E-state index contributed by atoms with van der Waals surface area (Å²) in [4.78, 5) is 24.3. The van der Waals surface area contributed by atoms with Gasteiger partial charge in [-0.1, -0.05) is 36.4 Å². The number of ether oxygens (including phenoxy) is 3. The van der Waals surface area contributed by atoms with E-state index in [0.717, 1.165) is 44.5 Å². The summed E-state index contributed by atoms with van der Waals surface area (Å²) in [6, 6.07) is 21.6. The molecule has 3 aromatic carbocycles. The van der Waals surface area contributed by atoms with Crippen LogP contribution in [0.15, 0.2) is 71.1 Å². The van der Waals surface area contributed by atoms with Gasteiger partial charge in [-0.15, -0.1) is 0 Å². The molecule has 4 aromatic rings. The van der Waals surface area contributed by atoms with E-state index < -0.39 is 11.7 Å². The SMILES string of the molecule is CCOC(=O)Cc1ccccc1OCc1cc(-c2cccc(CNC(=O)OC(C)(C)C)c2)c2oc(CNC)cc2c1. The number of amides is 1. The van der Waals surface area contributed by atoms with Crippen LogP contribution in [0.5, 0.6) is 5.75 Å². The van der Waals surface area contributed by atoms with Gasteiger partial charge < -0.3 is 29.3 Å². The molecule has 0 aliphatic carbocycles. The van der Waals surface area contributed by atoms with Crippen molar-refractivity contribution < 1.29 is 28.2 Å². The summed E-state index contributed by atoms with van der Waals surface area (Å²) in [7, 11) is 1.88. The molecule has 0 aliphatic rings. The van der Waals surface area contributed by atoms with Crippen molar-refractivity contribution in [2.75, 3.05) is 13.7 Å². The molecule has 41 heavy (non-hydrogen) atoms. The van der Waals surface area contributed by atoms with Gasteiger partial charge in [0.2, 0.25) is 0 Å². The zero-order valence-corrected chi connectivity index (χ0v) is 24.3. The summed E-state index contributed by atoms with van der Waals surface area (Å²) in [5.74, 6) is 1.17. The lowest BCUT2D eigenvalue weighted by atomic mass is 9.99. The Kier molecular flexibility index (Phi) is 9.68. The predicted octanol–water partition coefficient (Wildman–Crippen LogP) is 6.53. The first kappa shape index (κ1) is 29.7. The Morgan fingerprint density at radius 2 is 1.73 bits per heavy atom. The van der Waals surface area contributed by atoms with Crippen molar-refractivity contribution >= 4 is 23.0 Å². The maximum Gasteiger partial charge on any atom is 0.407 e. The van der Waals surface area contributed by atoms with Crippen molar-refractivity contribution in [3.05, 3.63) is 89.2 Å². The largest absolute Gasteiger partial charge is 0.489 e. The van der Waals surface area contributed by atoms with Crippen LogP contribution >= 0.6 is 0 Å². The third-order valence-electron chi connectivity index (χ3n) is 6.16. The minimum atomic E-state index is -0.566. The van der Waals surface area contributed by atoms with Gasteiger partial charge in [0.05, 0.1) is 19.6 Å². The van der Waals surface area contributed by atoms with Crippen LogP contribution in [0.2, 0.25) is 0 Å². The summed E-state index contributed by atoms with van der Waals surface area (Å²) >= 11 is 0. The van der Waals surface area contributed by atoms with Crippen molar-refractivity contribution in [2.24, 2.45) is 0 Å². The van der Waals surface area contributed by atoms with Gasteiger partial charge >= 0.3 is 12.1 Å². The number of benzene rings is 3. The van der Waals surface area contributed by atoms with Gasteiger partial charge in [-0.3, -0.25) is 4.79 Å². The van der Waals surface area contributed by atoms with Crippen LogP contribution < -0.4 is 15.4 Å². The van der Waals surface area contributed by atoms with Gasteiger partial charge in [0.1, 0.15) is 29.3 Å². The van der Waals surface area contributed by atoms with Crippen LogP contribution in [-0.4, -0.2) is 31.3 Å². The Bertz CT molecular complexity index is 1500. The highest BCUT2D eigenvalue weighted by Crippen LogP contribution is 2.34. The topological polar surface area (TPSA) is 99.0 Å². The minimum absolute atomic E-state index is 0.146. The number of carbonyl (C=O) groups is 2. The first-order chi connectivity index (χ1) is 19.6. The Hall–Kier alpha value is -4.30. The second-order valence-corrected chi connectivity index (χ2v) is 10.7.